The molecule has 0 spiro atoms. The average Bonchev–Trinajstić information content (AvgIpc) is 3.01. The molecule has 2 atom stereocenters. The maximum absolute atomic E-state index is 12.4. The number of amides is 1. The molecular formula is C16H17N2O2S+. The molecule has 0 saturated carbocycles. The minimum Gasteiger partial charge on any atom is -0.339 e. The number of hydroxylamine groups is 3. The van der Waals surface area contributed by atoms with Crippen LogP contribution in [0.25, 0.3) is 10.1 Å². The van der Waals surface area contributed by atoms with Gasteiger partial charge in [-0.1, -0.05) is 18.2 Å². The summed E-state index contributed by atoms with van der Waals surface area (Å²) in [5.74, 6) is -0.114. The number of thiophene rings is 1. The van der Waals surface area contributed by atoms with Gasteiger partial charge in [-0.05, 0) is 24.4 Å². The van der Waals surface area contributed by atoms with Crippen LogP contribution in [0.5, 0.6) is 0 Å². The first-order valence-electron chi connectivity index (χ1n) is 6.76. The Morgan fingerprint density at radius 3 is 2.81 bits per heavy atom. The molecule has 2 heterocycles. The van der Waals surface area contributed by atoms with Crippen LogP contribution in [-0.4, -0.2) is 28.9 Å². The molecule has 1 aliphatic heterocycles. The fraction of sp³-hybridized carbons (Fsp3) is 0.188. The maximum Gasteiger partial charge on any atom is 0.262 e. The third-order valence-corrected chi connectivity index (χ3v) is 4.72. The standard InChI is InChI=1S/C16H16N2O2S/c1-11(13-7-5-9-18(13,2)20)17-16(19)15-10-12-6-3-4-8-14(12)21-15/h3-11,20H,1-2H3/p+1/t11-,18?/m0/s1. The zero-order valence-electron chi connectivity index (χ0n) is 11.9. The lowest BCUT2D eigenvalue weighted by molar-refractivity contribution is -1.02. The van der Waals surface area contributed by atoms with E-state index in [1.807, 2.05) is 43.3 Å². The van der Waals surface area contributed by atoms with E-state index in [0.717, 1.165) is 15.8 Å². The van der Waals surface area contributed by atoms with Crippen LogP contribution in [0, 0.1) is 0 Å². The lowest BCUT2D eigenvalue weighted by Crippen LogP contribution is -2.43. The van der Waals surface area contributed by atoms with E-state index in [2.05, 4.69) is 5.32 Å². The van der Waals surface area contributed by atoms with Crippen molar-refractivity contribution >= 4 is 27.3 Å². The zero-order chi connectivity index (χ0) is 15.0. The summed E-state index contributed by atoms with van der Waals surface area (Å²) in [5, 5.41) is 14.2. The van der Waals surface area contributed by atoms with E-state index in [1.54, 1.807) is 19.3 Å². The lowest BCUT2D eigenvalue weighted by Gasteiger charge is -2.24. The van der Waals surface area contributed by atoms with E-state index < -0.39 is 0 Å². The number of quaternary nitrogens is 1. The highest BCUT2D eigenvalue weighted by atomic mass is 32.1. The summed E-state index contributed by atoms with van der Waals surface area (Å²) in [5.41, 5.74) is 0.740. The Morgan fingerprint density at radius 2 is 2.14 bits per heavy atom. The van der Waals surface area contributed by atoms with Gasteiger partial charge in [0, 0.05) is 16.9 Å². The number of carbonyl (C=O) groups is 1. The molecule has 108 valence electrons. The highest BCUT2D eigenvalue weighted by Crippen LogP contribution is 2.26. The summed E-state index contributed by atoms with van der Waals surface area (Å²) in [7, 11) is 1.66. The molecule has 2 aromatic rings. The molecule has 1 amide bonds. The third-order valence-electron chi connectivity index (χ3n) is 3.61. The van der Waals surface area contributed by atoms with Gasteiger partial charge in [0.1, 0.15) is 19.3 Å². The summed E-state index contributed by atoms with van der Waals surface area (Å²) in [4.78, 5) is 13.0. The number of hydrogen-bond acceptors (Lipinski definition) is 3. The van der Waals surface area contributed by atoms with E-state index in [-0.39, 0.29) is 16.6 Å². The number of benzene rings is 1. The summed E-state index contributed by atoms with van der Waals surface area (Å²) < 4.78 is 0.785. The number of nitrogens with one attached hydrogen (secondary N) is 1. The number of fused-ring (bicyclic) bond motifs is 1. The second-order valence-corrected chi connectivity index (χ2v) is 6.39. The van der Waals surface area contributed by atoms with Crippen LogP contribution in [0.15, 0.2) is 54.4 Å². The second kappa shape index (κ2) is 5.11. The van der Waals surface area contributed by atoms with Gasteiger partial charge < -0.3 is 5.32 Å². The van der Waals surface area contributed by atoms with Crippen molar-refractivity contribution < 1.29 is 14.6 Å². The molecule has 4 nitrogen and oxygen atoms in total. The Labute approximate surface area is 127 Å². The smallest absolute Gasteiger partial charge is 0.262 e. The number of likely N-dealkylation sites (N-methyl/N-ethyl adjacent to an activating group) is 1. The molecule has 0 radical (unpaired) electrons. The first-order chi connectivity index (χ1) is 9.97. The molecule has 1 aromatic heterocycles. The van der Waals surface area contributed by atoms with Crippen molar-refractivity contribution in [3.05, 3.63) is 59.3 Å². The first-order valence-corrected chi connectivity index (χ1v) is 7.57. The fourth-order valence-electron chi connectivity index (χ4n) is 2.52. The van der Waals surface area contributed by atoms with E-state index >= 15 is 0 Å². The number of carbonyl (C=O) groups excluding carboxylic acids is 1. The molecule has 0 bridgehead atoms. The summed E-state index contributed by atoms with van der Waals surface area (Å²) in [6, 6.07) is 9.59. The van der Waals surface area contributed by atoms with Gasteiger partial charge >= 0.3 is 0 Å². The highest BCUT2D eigenvalue weighted by Gasteiger charge is 2.32. The predicted octanol–water partition coefficient (Wildman–Crippen LogP) is 3.27. The van der Waals surface area contributed by atoms with E-state index in [9.17, 15) is 10.0 Å². The Hall–Kier alpha value is -1.95. The summed E-state index contributed by atoms with van der Waals surface area (Å²) in [6.45, 7) is 1.87. The number of allylic oxidation sites excluding steroid dienone is 2. The number of nitrogens with zero attached hydrogens (tertiary/aromatic N) is 1. The fourth-order valence-corrected chi connectivity index (χ4v) is 3.48. The molecule has 2 N–H and O–H groups in total. The molecular weight excluding hydrogens is 284 g/mol. The van der Waals surface area contributed by atoms with Crippen molar-refractivity contribution in [2.45, 2.75) is 13.0 Å². The van der Waals surface area contributed by atoms with E-state index in [0.29, 0.717) is 4.88 Å². The molecule has 0 fully saturated rings. The van der Waals surface area contributed by atoms with Gasteiger partial charge in [-0.2, -0.15) is 0 Å². The summed E-state index contributed by atoms with van der Waals surface area (Å²) >= 11 is 1.48. The molecule has 1 aromatic carbocycles. The van der Waals surface area contributed by atoms with Crippen LogP contribution >= 0.6 is 11.3 Å². The van der Waals surface area contributed by atoms with Crippen molar-refractivity contribution in [2.24, 2.45) is 0 Å². The number of hydrogen-bond donors (Lipinski definition) is 2. The van der Waals surface area contributed by atoms with Crippen LogP contribution in [0.1, 0.15) is 16.6 Å². The SMILES string of the molecule is C[C@H](NC(=O)c1cc2ccccc2s1)C1=CC=C[N+]1(C)O. The second-order valence-electron chi connectivity index (χ2n) is 5.30. The van der Waals surface area contributed by atoms with Crippen LogP contribution in [0.4, 0.5) is 0 Å². The van der Waals surface area contributed by atoms with Crippen molar-refractivity contribution in [1.29, 1.82) is 0 Å². The Morgan fingerprint density at radius 1 is 1.38 bits per heavy atom. The molecule has 21 heavy (non-hydrogen) atoms. The molecule has 1 aliphatic rings. The monoisotopic (exact) mass is 301 g/mol. The Bertz CT molecular complexity index is 725. The van der Waals surface area contributed by atoms with E-state index in [1.165, 1.54) is 11.3 Å². The predicted molar refractivity (Wildman–Crippen MR) is 83.9 cm³/mol. The summed E-state index contributed by atoms with van der Waals surface area (Å²) in [6.07, 6.45) is 5.28. The van der Waals surface area contributed by atoms with Crippen molar-refractivity contribution in [3.63, 3.8) is 0 Å². The van der Waals surface area contributed by atoms with Gasteiger partial charge in [0.05, 0.1) is 4.88 Å². The van der Waals surface area contributed by atoms with Crippen molar-refractivity contribution in [3.8, 4) is 0 Å². The average molecular weight is 301 g/mol. The van der Waals surface area contributed by atoms with Gasteiger partial charge in [-0.25, -0.2) is 5.21 Å². The largest absolute Gasteiger partial charge is 0.339 e. The van der Waals surface area contributed by atoms with Crippen LogP contribution in [0.2, 0.25) is 0 Å². The van der Waals surface area contributed by atoms with Crippen molar-refractivity contribution in [2.75, 3.05) is 7.05 Å². The zero-order valence-corrected chi connectivity index (χ0v) is 12.7. The van der Waals surface area contributed by atoms with Crippen LogP contribution in [0.3, 0.4) is 0 Å². The van der Waals surface area contributed by atoms with Gasteiger partial charge in [-0.3, -0.25) is 4.79 Å². The first kappa shape index (κ1) is 14.0. The lowest BCUT2D eigenvalue weighted by atomic mass is 10.2. The number of rotatable bonds is 3. The minimum absolute atomic E-state index is 0.114. The van der Waals surface area contributed by atoms with Gasteiger partial charge in [0.25, 0.3) is 5.91 Å². The Balaban J connectivity index is 1.77. The van der Waals surface area contributed by atoms with E-state index in [4.69, 9.17) is 0 Å². The van der Waals surface area contributed by atoms with Gasteiger partial charge in [0.2, 0.25) is 0 Å². The van der Waals surface area contributed by atoms with Gasteiger partial charge in [0.15, 0.2) is 5.70 Å². The van der Waals surface area contributed by atoms with Crippen LogP contribution < -0.4 is 5.32 Å². The molecule has 0 saturated heterocycles. The maximum atomic E-state index is 12.4. The molecule has 0 aliphatic carbocycles. The van der Waals surface area contributed by atoms with Crippen molar-refractivity contribution in [1.82, 2.24) is 5.32 Å². The highest BCUT2D eigenvalue weighted by molar-refractivity contribution is 7.20. The Kier molecular flexibility index (Phi) is 3.41. The topological polar surface area (TPSA) is 49.3 Å². The molecule has 1 unspecified atom stereocenters. The van der Waals surface area contributed by atoms with Gasteiger partial charge in [-0.15, -0.1) is 16.0 Å². The molecule has 3 rings (SSSR count). The normalized spacial score (nSPS) is 22.3. The third kappa shape index (κ3) is 2.63. The minimum atomic E-state index is -0.312. The van der Waals surface area contributed by atoms with Crippen LogP contribution in [-0.2, 0) is 0 Å². The quantitative estimate of drug-likeness (QED) is 0.855. The molecule has 5 heteroatoms.